The van der Waals surface area contributed by atoms with Crippen LogP contribution >= 0.6 is 12.4 Å². The van der Waals surface area contributed by atoms with Crippen LogP contribution in [0.5, 0.6) is 5.75 Å². The molecule has 1 amide bonds. The quantitative estimate of drug-likeness (QED) is 0.738. The number of anilines is 1. The van der Waals surface area contributed by atoms with Gasteiger partial charge in [-0.2, -0.15) is 4.31 Å². The maximum Gasteiger partial charge on any atom is 0.246 e. The molecule has 1 heterocycles. The lowest BCUT2D eigenvalue weighted by atomic mass is 9.95. The minimum Gasteiger partial charge on any atom is -0.495 e. The fraction of sp³-hybridized carbons (Fsp3) is 0.611. The van der Waals surface area contributed by atoms with Crippen molar-refractivity contribution >= 4 is 34.0 Å². The summed E-state index contributed by atoms with van der Waals surface area (Å²) >= 11 is 0. The molecule has 0 bridgehead atoms. The molecule has 2 aliphatic rings. The van der Waals surface area contributed by atoms with E-state index in [2.05, 4.69) is 5.32 Å². The molecule has 1 saturated heterocycles. The fourth-order valence-corrected chi connectivity index (χ4v) is 5.58. The third kappa shape index (κ3) is 4.56. The summed E-state index contributed by atoms with van der Waals surface area (Å²) in [6.45, 7) is 1.58. The Hall–Kier alpha value is -1.35. The van der Waals surface area contributed by atoms with Gasteiger partial charge in [0, 0.05) is 30.8 Å². The van der Waals surface area contributed by atoms with E-state index in [0.717, 1.165) is 32.1 Å². The summed E-state index contributed by atoms with van der Waals surface area (Å²) in [5.41, 5.74) is 6.29. The highest BCUT2D eigenvalue weighted by atomic mass is 35.5. The number of amides is 1. The molecule has 27 heavy (non-hydrogen) atoms. The maximum atomic E-state index is 12.8. The fourth-order valence-electron chi connectivity index (χ4n) is 3.93. The monoisotopic (exact) mass is 417 g/mol. The van der Waals surface area contributed by atoms with Crippen LogP contribution in [0.25, 0.3) is 0 Å². The number of benzene rings is 1. The molecule has 1 aromatic carbocycles. The summed E-state index contributed by atoms with van der Waals surface area (Å²) in [4.78, 5) is 12.7. The third-order valence-electron chi connectivity index (χ3n) is 5.41. The Balaban J connectivity index is 0.00000261. The summed E-state index contributed by atoms with van der Waals surface area (Å²) in [6.07, 6.45) is 4.58. The van der Waals surface area contributed by atoms with Gasteiger partial charge in [0.1, 0.15) is 10.6 Å². The van der Waals surface area contributed by atoms with Crippen molar-refractivity contribution in [2.75, 3.05) is 32.1 Å². The van der Waals surface area contributed by atoms with Gasteiger partial charge in [0.25, 0.3) is 0 Å². The van der Waals surface area contributed by atoms with E-state index in [1.807, 2.05) is 0 Å². The highest BCUT2D eigenvalue weighted by molar-refractivity contribution is 7.89. The largest absolute Gasteiger partial charge is 0.495 e. The Morgan fingerprint density at radius 2 is 1.96 bits per heavy atom. The van der Waals surface area contributed by atoms with E-state index in [9.17, 15) is 13.2 Å². The molecule has 152 valence electrons. The van der Waals surface area contributed by atoms with Crippen LogP contribution in [0.2, 0.25) is 0 Å². The van der Waals surface area contributed by atoms with E-state index in [-0.39, 0.29) is 40.8 Å². The number of carbonyl (C=O) groups is 1. The van der Waals surface area contributed by atoms with E-state index in [4.69, 9.17) is 10.5 Å². The number of rotatable bonds is 6. The number of methoxy groups -OCH3 is 1. The Morgan fingerprint density at radius 3 is 2.59 bits per heavy atom. The van der Waals surface area contributed by atoms with Crippen molar-refractivity contribution in [3.8, 4) is 5.75 Å². The Morgan fingerprint density at radius 1 is 1.26 bits per heavy atom. The van der Waals surface area contributed by atoms with Gasteiger partial charge >= 0.3 is 0 Å². The van der Waals surface area contributed by atoms with Crippen LogP contribution in [-0.2, 0) is 14.8 Å². The maximum absolute atomic E-state index is 12.8. The molecule has 9 heteroatoms. The first-order valence-corrected chi connectivity index (χ1v) is 10.6. The number of hydrogen-bond acceptors (Lipinski definition) is 5. The molecule has 3 N–H and O–H groups in total. The number of ether oxygens (including phenoxy) is 1. The molecular formula is C18H28ClN3O4S. The Bertz CT molecular complexity index is 766. The molecule has 0 spiro atoms. The highest BCUT2D eigenvalue weighted by Gasteiger charge is 2.33. The van der Waals surface area contributed by atoms with E-state index < -0.39 is 10.0 Å². The number of nitrogens with one attached hydrogen (secondary N) is 1. The second-order valence-corrected chi connectivity index (χ2v) is 8.91. The van der Waals surface area contributed by atoms with E-state index in [1.165, 1.54) is 17.5 Å². The number of carbonyl (C=O) groups excluding carboxylic acids is 1. The Labute approximate surface area is 167 Å². The van der Waals surface area contributed by atoms with Gasteiger partial charge in [-0.05, 0) is 50.3 Å². The van der Waals surface area contributed by atoms with E-state index in [0.29, 0.717) is 25.3 Å². The van der Waals surface area contributed by atoms with Crippen LogP contribution in [0.4, 0.5) is 5.69 Å². The minimum absolute atomic E-state index is 0. The smallest absolute Gasteiger partial charge is 0.246 e. The zero-order chi connectivity index (χ0) is 18.7. The van der Waals surface area contributed by atoms with Crippen molar-refractivity contribution in [3.63, 3.8) is 0 Å². The first-order chi connectivity index (χ1) is 12.5. The molecule has 1 saturated carbocycles. The van der Waals surface area contributed by atoms with E-state index >= 15 is 0 Å². The predicted molar refractivity (Wildman–Crippen MR) is 107 cm³/mol. The van der Waals surface area contributed by atoms with Crippen molar-refractivity contribution < 1.29 is 17.9 Å². The normalized spacial score (nSPS) is 23.0. The molecule has 1 aromatic rings. The summed E-state index contributed by atoms with van der Waals surface area (Å²) in [5.74, 6) is 0.317. The molecular weight excluding hydrogens is 390 g/mol. The lowest BCUT2D eigenvalue weighted by Crippen LogP contribution is -2.30. The first kappa shape index (κ1) is 21.9. The van der Waals surface area contributed by atoms with Crippen LogP contribution in [0.3, 0.4) is 0 Å². The van der Waals surface area contributed by atoms with Gasteiger partial charge in [-0.25, -0.2) is 8.42 Å². The van der Waals surface area contributed by atoms with Crippen LogP contribution in [0.15, 0.2) is 23.1 Å². The molecule has 0 radical (unpaired) electrons. The summed E-state index contributed by atoms with van der Waals surface area (Å²) in [7, 11) is -2.14. The van der Waals surface area contributed by atoms with Gasteiger partial charge in [0.2, 0.25) is 15.9 Å². The third-order valence-corrected chi connectivity index (χ3v) is 7.35. The van der Waals surface area contributed by atoms with Crippen molar-refractivity contribution in [2.45, 2.75) is 37.0 Å². The number of halogens is 1. The lowest BCUT2D eigenvalue weighted by Gasteiger charge is -2.20. The average Bonchev–Trinajstić information content (AvgIpc) is 3.32. The van der Waals surface area contributed by atoms with Gasteiger partial charge < -0.3 is 15.8 Å². The molecule has 1 aliphatic heterocycles. The number of nitrogens with two attached hydrogens (primary N) is 1. The van der Waals surface area contributed by atoms with Crippen molar-refractivity contribution in [1.82, 2.24) is 4.31 Å². The van der Waals surface area contributed by atoms with Gasteiger partial charge in [0.15, 0.2) is 0 Å². The molecule has 0 unspecified atom stereocenters. The molecule has 7 nitrogen and oxygen atoms in total. The molecule has 2 atom stereocenters. The van der Waals surface area contributed by atoms with Gasteiger partial charge in [-0.1, -0.05) is 6.42 Å². The second kappa shape index (κ2) is 9.23. The van der Waals surface area contributed by atoms with Gasteiger partial charge in [0.05, 0.1) is 7.11 Å². The van der Waals surface area contributed by atoms with Crippen molar-refractivity contribution in [1.29, 1.82) is 0 Å². The zero-order valence-corrected chi connectivity index (χ0v) is 17.2. The predicted octanol–water partition coefficient (Wildman–Crippen LogP) is 2.22. The summed E-state index contributed by atoms with van der Waals surface area (Å²) < 4.78 is 32.4. The highest BCUT2D eigenvalue weighted by Crippen LogP contribution is 2.34. The van der Waals surface area contributed by atoms with Crippen molar-refractivity contribution in [3.05, 3.63) is 18.2 Å². The molecule has 0 aromatic heterocycles. The average molecular weight is 418 g/mol. The lowest BCUT2D eigenvalue weighted by molar-refractivity contribution is -0.120. The zero-order valence-electron chi connectivity index (χ0n) is 15.5. The van der Waals surface area contributed by atoms with E-state index in [1.54, 1.807) is 12.1 Å². The molecule has 1 aliphatic carbocycles. The SMILES string of the molecule is COc1cc(NC(=O)[C@@H]2CCC[C@@H]2CN)ccc1S(=O)(=O)N1CCCC1.Cl. The summed E-state index contributed by atoms with van der Waals surface area (Å²) in [5, 5.41) is 2.89. The standard InChI is InChI=1S/C18H27N3O4S.ClH/c1-25-16-11-14(20-18(22)15-6-4-5-13(15)12-19)7-8-17(16)26(23,24)21-9-2-3-10-21;/h7-8,11,13,15H,2-6,9-10,12,19H2,1H3,(H,20,22);1H/t13-,15-;/m1./s1. The van der Waals surface area contributed by atoms with Gasteiger partial charge in [-0.15, -0.1) is 12.4 Å². The second-order valence-electron chi connectivity index (χ2n) is 7.00. The number of sulfonamides is 1. The van der Waals surface area contributed by atoms with Gasteiger partial charge in [-0.3, -0.25) is 4.79 Å². The molecule has 2 fully saturated rings. The first-order valence-electron chi connectivity index (χ1n) is 9.16. The van der Waals surface area contributed by atoms with Crippen LogP contribution < -0.4 is 15.8 Å². The van der Waals surface area contributed by atoms with Crippen LogP contribution in [0.1, 0.15) is 32.1 Å². The topological polar surface area (TPSA) is 102 Å². The number of hydrogen-bond donors (Lipinski definition) is 2. The van der Waals surface area contributed by atoms with Crippen molar-refractivity contribution in [2.24, 2.45) is 17.6 Å². The van der Waals surface area contributed by atoms with Crippen LogP contribution in [-0.4, -0.2) is 45.4 Å². The number of nitrogens with zero attached hydrogens (tertiary/aromatic N) is 1. The van der Waals surface area contributed by atoms with Crippen LogP contribution in [0, 0.1) is 11.8 Å². The summed E-state index contributed by atoms with van der Waals surface area (Å²) in [6, 6.07) is 4.71. The Kier molecular flexibility index (Phi) is 7.50. The molecule has 3 rings (SSSR count). The minimum atomic E-state index is -3.58.